The Balaban J connectivity index is 2.48. The Morgan fingerprint density at radius 1 is 1.33 bits per heavy atom. The molecule has 2 N–H and O–H groups in total. The van der Waals surface area contributed by atoms with Crippen molar-refractivity contribution in [3.8, 4) is 11.4 Å². The van der Waals surface area contributed by atoms with Crippen molar-refractivity contribution in [1.29, 1.82) is 0 Å². The fraction of sp³-hybridized carbons (Fsp3) is 0.273. The SMILES string of the molecule is CSc1cc(-c2noc(CN)n2)cc(Br)c1SC. The van der Waals surface area contributed by atoms with Gasteiger partial charge in [-0.15, -0.1) is 23.5 Å². The van der Waals surface area contributed by atoms with Gasteiger partial charge in [-0.25, -0.2) is 0 Å². The van der Waals surface area contributed by atoms with Crippen LogP contribution in [0.1, 0.15) is 5.89 Å². The van der Waals surface area contributed by atoms with Gasteiger partial charge in [0.25, 0.3) is 0 Å². The number of aromatic nitrogens is 2. The Bertz CT molecular complexity index is 559. The second-order valence-corrected chi connectivity index (χ2v) is 5.93. The van der Waals surface area contributed by atoms with Crippen LogP contribution in [0.15, 0.2) is 30.9 Å². The first kappa shape index (κ1) is 13.9. The van der Waals surface area contributed by atoms with Crippen molar-refractivity contribution < 1.29 is 4.52 Å². The number of nitrogens with two attached hydrogens (primary N) is 1. The van der Waals surface area contributed by atoms with Gasteiger partial charge in [0.15, 0.2) is 0 Å². The fourth-order valence-electron chi connectivity index (χ4n) is 1.50. The lowest BCUT2D eigenvalue weighted by Gasteiger charge is -2.08. The third-order valence-corrected chi connectivity index (χ3v) is 4.96. The molecule has 0 saturated heterocycles. The summed E-state index contributed by atoms with van der Waals surface area (Å²) in [6.07, 6.45) is 4.10. The van der Waals surface area contributed by atoms with E-state index < -0.39 is 0 Å². The Morgan fingerprint density at radius 3 is 2.67 bits per heavy atom. The van der Waals surface area contributed by atoms with Crippen molar-refractivity contribution in [2.75, 3.05) is 12.5 Å². The predicted octanol–water partition coefficient (Wildman–Crippen LogP) is 3.40. The van der Waals surface area contributed by atoms with Gasteiger partial charge in [0.1, 0.15) is 0 Å². The summed E-state index contributed by atoms with van der Waals surface area (Å²) >= 11 is 6.98. The van der Waals surface area contributed by atoms with Gasteiger partial charge < -0.3 is 10.3 Å². The van der Waals surface area contributed by atoms with Crippen LogP contribution >= 0.6 is 39.5 Å². The van der Waals surface area contributed by atoms with E-state index in [-0.39, 0.29) is 6.54 Å². The molecule has 18 heavy (non-hydrogen) atoms. The average Bonchev–Trinajstić information content (AvgIpc) is 2.86. The molecule has 0 fully saturated rings. The standard InChI is InChI=1S/C11H12BrN3OS2/c1-17-8-4-6(3-7(12)10(8)18-2)11-14-9(5-13)16-15-11/h3-4H,5,13H2,1-2H3. The number of benzene rings is 1. The molecular formula is C11H12BrN3OS2. The smallest absolute Gasteiger partial charge is 0.240 e. The second kappa shape index (κ2) is 6.10. The second-order valence-electron chi connectivity index (χ2n) is 3.41. The lowest BCUT2D eigenvalue weighted by molar-refractivity contribution is 0.380. The molecular weight excluding hydrogens is 334 g/mol. The largest absolute Gasteiger partial charge is 0.338 e. The number of thioether (sulfide) groups is 2. The van der Waals surface area contributed by atoms with Gasteiger partial charge in [0.05, 0.1) is 6.54 Å². The highest BCUT2D eigenvalue weighted by molar-refractivity contribution is 9.10. The van der Waals surface area contributed by atoms with Crippen LogP contribution in [0.2, 0.25) is 0 Å². The molecule has 7 heteroatoms. The molecule has 0 saturated carbocycles. The molecule has 4 nitrogen and oxygen atoms in total. The minimum Gasteiger partial charge on any atom is -0.338 e. The summed E-state index contributed by atoms with van der Waals surface area (Å²) in [7, 11) is 0. The van der Waals surface area contributed by atoms with Gasteiger partial charge in [0.2, 0.25) is 11.7 Å². The lowest BCUT2D eigenvalue weighted by Crippen LogP contribution is -1.95. The minimum absolute atomic E-state index is 0.256. The topological polar surface area (TPSA) is 64.9 Å². The highest BCUT2D eigenvalue weighted by Crippen LogP contribution is 2.37. The first-order chi connectivity index (χ1) is 8.69. The molecule has 0 spiro atoms. The molecule has 1 aromatic carbocycles. The Morgan fingerprint density at radius 2 is 2.11 bits per heavy atom. The molecule has 96 valence electrons. The molecule has 1 aromatic heterocycles. The number of hydrogen-bond donors (Lipinski definition) is 1. The Kier molecular flexibility index (Phi) is 4.71. The Labute approximate surface area is 122 Å². The zero-order valence-corrected chi connectivity index (χ0v) is 13.2. The minimum atomic E-state index is 0.256. The summed E-state index contributed by atoms with van der Waals surface area (Å²) < 4.78 is 6.06. The molecule has 1 heterocycles. The number of rotatable bonds is 4. The van der Waals surface area contributed by atoms with E-state index in [4.69, 9.17) is 10.3 Å². The number of halogens is 1. The zero-order chi connectivity index (χ0) is 13.1. The number of hydrogen-bond acceptors (Lipinski definition) is 6. The van der Waals surface area contributed by atoms with E-state index in [2.05, 4.69) is 38.4 Å². The van der Waals surface area contributed by atoms with Crippen LogP contribution in [0, 0.1) is 0 Å². The third kappa shape index (κ3) is 2.74. The van der Waals surface area contributed by atoms with Crippen molar-refractivity contribution in [3.63, 3.8) is 0 Å². The number of nitrogens with zero attached hydrogens (tertiary/aromatic N) is 2. The van der Waals surface area contributed by atoms with Gasteiger partial charge in [-0.1, -0.05) is 5.16 Å². The zero-order valence-electron chi connectivity index (χ0n) is 9.94. The third-order valence-electron chi connectivity index (χ3n) is 2.33. The van der Waals surface area contributed by atoms with Crippen molar-refractivity contribution in [1.82, 2.24) is 10.1 Å². The molecule has 0 unspecified atom stereocenters. The average molecular weight is 346 g/mol. The summed E-state index contributed by atoms with van der Waals surface area (Å²) in [6.45, 7) is 0.256. The van der Waals surface area contributed by atoms with E-state index >= 15 is 0 Å². The van der Waals surface area contributed by atoms with E-state index in [9.17, 15) is 0 Å². The first-order valence-electron chi connectivity index (χ1n) is 5.14. The molecule has 0 atom stereocenters. The highest BCUT2D eigenvalue weighted by Gasteiger charge is 2.13. The van der Waals surface area contributed by atoms with Crippen LogP contribution in [0.5, 0.6) is 0 Å². The summed E-state index contributed by atoms with van der Waals surface area (Å²) in [5.74, 6) is 1.01. The predicted molar refractivity (Wildman–Crippen MR) is 78.9 cm³/mol. The maximum atomic E-state index is 5.46. The van der Waals surface area contributed by atoms with E-state index in [0.717, 1.165) is 10.0 Å². The van der Waals surface area contributed by atoms with Gasteiger partial charge in [-0.2, -0.15) is 4.98 Å². The van der Waals surface area contributed by atoms with Gasteiger partial charge in [0, 0.05) is 19.8 Å². The molecule has 0 aliphatic rings. The van der Waals surface area contributed by atoms with Crippen molar-refractivity contribution >= 4 is 39.5 Å². The van der Waals surface area contributed by atoms with E-state index in [0.29, 0.717) is 11.7 Å². The quantitative estimate of drug-likeness (QED) is 0.856. The maximum Gasteiger partial charge on any atom is 0.240 e. The molecule has 2 aromatic rings. The fourth-order valence-corrected chi connectivity index (χ4v) is 4.13. The van der Waals surface area contributed by atoms with Gasteiger partial charge in [-0.3, -0.25) is 0 Å². The molecule has 0 amide bonds. The first-order valence-corrected chi connectivity index (χ1v) is 8.38. The molecule has 0 aliphatic heterocycles. The molecule has 0 aliphatic carbocycles. The summed E-state index contributed by atoms with van der Waals surface area (Å²) in [5, 5.41) is 3.93. The van der Waals surface area contributed by atoms with Crippen LogP contribution in [0.4, 0.5) is 0 Å². The summed E-state index contributed by atoms with van der Waals surface area (Å²) in [6, 6.07) is 4.06. The molecule has 0 bridgehead atoms. The molecule has 2 rings (SSSR count). The van der Waals surface area contributed by atoms with Crippen molar-refractivity contribution in [2.24, 2.45) is 5.73 Å². The Hall–Kier alpha value is -0.500. The summed E-state index contributed by atoms with van der Waals surface area (Å²) in [4.78, 5) is 6.63. The lowest BCUT2D eigenvalue weighted by atomic mass is 10.2. The van der Waals surface area contributed by atoms with E-state index in [1.54, 1.807) is 23.5 Å². The van der Waals surface area contributed by atoms with Crippen LogP contribution in [-0.4, -0.2) is 22.7 Å². The van der Waals surface area contributed by atoms with E-state index in [1.807, 2.05) is 12.3 Å². The normalized spacial score (nSPS) is 10.9. The van der Waals surface area contributed by atoms with Gasteiger partial charge >= 0.3 is 0 Å². The molecule has 0 radical (unpaired) electrons. The monoisotopic (exact) mass is 345 g/mol. The van der Waals surface area contributed by atoms with Crippen LogP contribution in [0.25, 0.3) is 11.4 Å². The van der Waals surface area contributed by atoms with Crippen molar-refractivity contribution in [2.45, 2.75) is 16.3 Å². The van der Waals surface area contributed by atoms with Crippen LogP contribution < -0.4 is 5.73 Å². The van der Waals surface area contributed by atoms with Crippen molar-refractivity contribution in [3.05, 3.63) is 22.5 Å². The highest BCUT2D eigenvalue weighted by atomic mass is 79.9. The van der Waals surface area contributed by atoms with Crippen LogP contribution in [-0.2, 0) is 6.54 Å². The van der Waals surface area contributed by atoms with Crippen LogP contribution in [0.3, 0.4) is 0 Å². The van der Waals surface area contributed by atoms with E-state index in [1.165, 1.54) is 9.79 Å². The maximum absolute atomic E-state index is 5.46. The van der Waals surface area contributed by atoms with Gasteiger partial charge in [-0.05, 0) is 40.6 Å². The summed E-state index contributed by atoms with van der Waals surface area (Å²) in [5.41, 5.74) is 6.38.